The summed E-state index contributed by atoms with van der Waals surface area (Å²) in [5.41, 5.74) is 1.45. The van der Waals surface area contributed by atoms with Crippen LogP contribution < -0.4 is 10.6 Å². The second-order valence-electron chi connectivity index (χ2n) is 6.61. The van der Waals surface area contributed by atoms with Crippen molar-refractivity contribution >= 4 is 18.3 Å². The molecule has 23 heavy (non-hydrogen) atoms. The number of nitrogens with zero attached hydrogens (tertiary/aromatic N) is 1. The van der Waals surface area contributed by atoms with Gasteiger partial charge in [0.2, 0.25) is 5.91 Å². The molecule has 2 heterocycles. The van der Waals surface area contributed by atoms with E-state index in [2.05, 4.69) is 15.5 Å². The maximum atomic E-state index is 12.8. The monoisotopic (exact) mass is 341 g/mol. The summed E-state index contributed by atoms with van der Waals surface area (Å²) in [4.78, 5) is 14.3. The predicted molar refractivity (Wildman–Crippen MR) is 91.3 cm³/mol. The number of carbonyl (C=O) groups excluding carboxylic acids is 1. The number of likely N-dealkylation sites (tertiary alicyclic amines) is 1. The van der Waals surface area contributed by atoms with Crippen LogP contribution in [0.2, 0.25) is 0 Å². The molecule has 1 atom stereocenters. The SMILES string of the molecule is Cl.O=C(CN1CCC2(CCNC2)C1)NCCc1ccc(F)cc1. The Balaban J connectivity index is 0.00000192. The maximum Gasteiger partial charge on any atom is 0.234 e. The first-order chi connectivity index (χ1) is 10.7. The van der Waals surface area contributed by atoms with Crippen LogP contribution in [0.3, 0.4) is 0 Å². The fourth-order valence-electron chi connectivity index (χ4n) is 3.56. The number of benzene rings is 1. The molecule has 0 radical (unpaired) electrons. The summed E-state index contributed by atoms with van der Waals surface area (Å²) in [5.74, 6) is -0.137. The van der Waals surface area contributed by atoms with E-state index in [1.807, 2.05) is 0 Å². The molecular weight excluding hydrogens is 317 g/mol. The normalized spacial score (nSPS) is 23.9. The molecule has 1 aromatic rings. The molecule has 0 aliphatic carbocycles. The highest BCUT2D eigenvalue weighted by Crippen LogP contribution is 2.35. The molecule has 4 nitrogen and oxygen atoms in total. The van der Waals surface area contributed by atoms with Crippen molar-refractivity contribution in [2.24, 2.45) is 5.41 Å². The van der Waals surface area contributed by atoms with E-state index in [1.54, 1.807) is 12.1 Å². The summed E-state index contributed by atoms with van der Waals surface area (Å²) in [6.45, 7) is 5.35. The Morgan fingerprint density at radius 2 is 2.09 bits per heavy atom. The lowest BCUT2D eigenvalue weighted by molar-refractivity contribution is -0.122. The molecule has 128 valence electrons. The van der Waals surface area contributed by atoms with Gasteiger partial charge < -0.3 is 10.6 Å². The van der Waals surface area contributed by atoms with Gasteiger partial charge in [-0.3, -0.25) is 9.69 Å². The Morgan fingerprint density at radius 1 is 1.30 bits per heavy atom. The van der Waals surface area contributed by atoms with Gasteiger partial charge in [0.25, 0.3) is 0 Å². The largest absolute Gasteiger partial charge is 0.355 e. The van der Waals surface area contributed by atoms with Gasteiger partial charge in [-0.2, -0.15) is 0 Å². The first-order valence-electron chi connectivity index (χ1n) is 8.10. The third-order valence-corrected chi connectivity index (χ3v) is 4.87. The van der Waals surface area contributed by atoms with Gasteiger partial charge in [-0.15, -0.1) is 12.4 Å². The number of halogens is 2. The summed E-state index contributed by atoms with van der Waals surface area (Å²) in [5, 5.41) is 6.39. The summed E-state index contributed by atoms with van der Waals surface area (Å²) in [6, 6.07) is 6.44. The van der Waals surface area contributed by atoms with E-state index in [0.717, 1.165) is 38.2 Å². The van der Waals surface area contributed by atoms with Crippen LogP contribution in [0.1, 0.15) is 18.4 Å². The molecule has 1 aromatic carbocycles. The second-order valence-corrected chi connectivity index (χ2v) is 6.61. The quantitative estimate of drug-likeness (QED) is 0.855. The lowest BCUT2D eigenvalue weighted by atomic mass is 9.87. The molecule has 6 heteroatoms. The van der Waals surface area contributed by atoms with E-state index < -0.39 is 0 Å². The van der Waals surface area contributed by atoms with Crippen molar-refractivity contribution in [2.75, 3.05) is 39.3 Å². The number of amides is 1. The first kappa shape index (κ1) is 18.2. The Bertz CT molecular complexity index is 517. The van der Waals surface area contributed by atoms with Crippen LogP contribution in [0.25, 0.3) is 0 Å². The summed E-state index contributed by atoms with van der Waals surface area (Å²) in [7, 11) is 0. The minimum absolute atomic E-state index is 0. The molecule has 2 fully saturated rings. The van der Waals surface area contributed by atoms with Crippen LogP contribution in [0.4, 0.5) is 4.39 Å². The molecule has 1 spiro atoms. The molecule has 3 rings (SSSR count). The standard InChI is InChI=1S/C17H24FN3O.ClH/c18-15-3-1-14(2-4-15)5-8-20-16(22)11-21-10-7-17(13-21)6-9-19-12-17;/h1-4,19H,5-13H2,(H,20,22);1H. The van der Waals surface area contributed by atoms with Crippen LogP contribution in [-0.2, 0) is 11.2 Å². The number of hydrogen-bond donors (Lipinski definition) is 2. The zero-order chi connectivity index (χ0) is 15.4. The topological polar surface area (TPSA) is 44.4 Å². The van der Waals surface area contributed by atoms with E-state index in [9.17, 15) is 9.18 Å². The fraction of sp³-hybridized carbons (Fsp3) is 0.588. The average molecular weight is 342 g/mol. The van der Waals surface area contributed by atoms with Crippen molar-refractivity contribution in [1.82, 2.24) is 15.5 Å². The lowest BCUT2D eigenvalue weighted by Gasteiger charge is -2.22. The minimum atomic E-state index is -0.225. The Hall–Kier alpha value is -1.17. The van der Waals surface area contributed by atoms with Crippen molar-refractivity contribution in [2.45, 2.75) is 19.3 Å². The van der Waals surface area contributed by atoms with Gasteiger partial charge in [0.1, 0.15) is 5.82 Å². The molecule has 2 saturated heterocycles. The maximum absolute atomic E-state index is 12.8. The molecular formula is C17H25ClFN3O. The Labute approximate surface area is 143 Å². The minimum Gasteiger partial charge on any atom is -0.355 e. The van der Waals surface area contributed by atoms with Gasteiger partial charge in [-0.1, -0.05) is 12.1 Å². The summed E-state index contributed by atoms with van der Waals surface area (Å²) >= 11 is 0. The highest BCUT2D eigenvalue weighted by atomic mass is 35.5. The molecule has 1 amide bonds. The van der Waals surface area contributed by atoms with Crippen LogP contribution >= 0.6 is 12.4 Å². The second kappa shape index (κ2) is 8.08. The molecule has 1 unspecified atom stereocenters. The van der Waals surface area contributed by atoms with E-state index >= 15 is 0 Å². The van der Waals surface area contributed by atoms with Crippen LogP contribution in [-0.4, -0.2) is 50.1 Å². The summed E-state index contributed by atoms with van der Waals surface area (Å²) < 4.78 is 12.8. The number of rotatable bonds is 5. The summed E-state index contributed by atoms with van der Waals surface area (Å²) in [6.07, 6.45) is 3.17. The highest BCUT2D eigenvalue weighted by molar-refractivity contribution is 5.85. The van der Waals surface area contributed by atoms with Gasteiger partial charge in [-0.25, -0.2) is 4.39 Å². The zero-order valence-corrected chi connectivity index (χ0v) is 14.1. The predicted octanol–water partition coefficient (Wildman–Crippen LogP) is 1.59. The molecule has 0 aromatic heterocycles. The van der Waals surface area contributed by atoms with Crippen molar-refractivity contribution < 1.29 is 9.18 Å². The third-order valence-electron chi connectivity index (χ3n) is 4.87. The van der Waals surface area contributed by atoms with E-state index in [1.165, 1.54) is 25.0 Å². The Morgan fingerprint density at radius 3 is 2.78 bits per heavy atom. The molecule has 2 aliphatic heterocycles. The van der Waals surface area contributed by atoms with Gasteiger partial charge >= 0.3 is 0 Å². The fourth-order valence-corrected chi connectivity index (χ4v) is 3.56. The van der Waals surface area contributed by atoms with Crippen molar-refractivity contribution in [3.63, 3.8) is 0 Å². The molecule has 0 saturated carbocycles. The average Bonchev–Trinajstić information content (AvgIpc) is 3.12. The van der Waals surface area contributed by atoms with E-state index in [-0.39, 0.29) is 24.1 Å². The molecule has 0 bridgehead atoms. The van der Waals surface area contributed by atoms with Crippen LogP contribution in [0.15, 0.2) is 24.3 Å². The molecule has 2 N–H and O–H groups in total. The van der Waals surface area contributed by atoms with Crippen LogP contribution in [0.5, 0.6) is 0 Å². The number of nitrogens with one attached hydrogen (secondary N) is 2. The Kier molecular flexibility index (Phi) is 6.39. The van der Waals surface area contributed by atoms with Gasteiger partial charge in [0.15, 0.2) is 0 Å². The van der Waals surface area contributed by atoms with E-state index in [0.29, 0.717) is 18.5 Å². The molecule has 2 aliphatic rings. The van der Waals surface area contributed by atoms with E-state index in [4.69, 9.17) is 0 Å². The lowest BCUT2D eigenvalue weighted by Crippen LogP contribution is -2.38. The third kappa shape index (κ3) is 4.90. The van der Waals surface area contributed by atoms with Crippen molar-refractivity contribution in [1.29, 1.82) is 0 Å². The van der Waals surface area contributed by atoms with Gasteiger partial charge in [0, 0.05) is 19.6 Å². The van der Waals surface area contributed by atoms with Gasteiger partial charge in [0.05, 0.1) is 6.54 Å². The van der Waals surface area contributed by atoms with Gasteiger partial charge in [-0.05, 0) is 55.5 Å². The highest BCUT2D eigenvalue weighted by Gasteiger charge is 2.40. The first-order valence-corrected chi connectivity index (χ1v) is 8.10. The van der Waals surface area contributed by atoms with Crippen molar-refractivity contribution in [3.8, 4) is 0 Å². The van der Waals surface area contributed by atoms with Crippen molar-refractivity contribution in [3.05, 3.63) is 35.6 Å². The smallest absolute Gasteiger partial charge is 0.234 e. The van der Waals surface area contributed by atoms with Crippen LogP contribution in [0, 0.1) is 11.2 Å². The zero-order valence-electron chi connectivity index (χ0n) is 13.3. The number of carbonyl (C=O) groups is 1. The number of hydrogen-bond acceptors (Lipinski definition) is 3.